The molecule has 11 heavy (non-hydrogen) atoms. The molecule has 0 aromatic rings. The van der Waals surface area contributed by atoms with Crippen molar-refractivity contribution in [3.8, 4) is 0 Å². The van der Waals surface area contributed by atoms with Gasteiger partial charge in [0.25, 0.3) is 0 Å². The summed E-state index contributed by atoms with van der Waals surface area (Å²) in [7, 11) is -0.632. The van der Waals surface area contributed by atoms with Gasteiger partial charge in [0.2, 0.25) is 0 Å². The van der Waals surface area contributed by atoms with Gasteiger partial charge in [0.15, 0.2) is 0 Å². The molecule has 1 heteroatoms. The van der Waals surface area contributed by atoms with Crippen LogP contribution in [-0.2, 0) is 0 Å². The number of hydrogen-bond donors (Lipinski definition) is 0. The van der Waals surface area contributed by atoms with E-state index < -0.39 is 8.07 Å². The quantitative estimate of drug-likeness (QED) is 0.558. The van der Waals surface area contributed by atoms with Crippen LogP contribution in [0.5, 0.6) is 0 Å². The maximum absolute atomic E-state index is 2.36. The van der Waals surface area contributed by atoms with Crippen molar-refractivity contribution in [2.45, 2.75) is 63.7 Å². The Morgan fingerprint density at radius 2 is 1.36 bits per heavy atom. The van der Waals surface area contributed by atoms with Crippen LogP contribution in [0.3, 0.4) is 0 Å². The topological polar surface area (TPSA) is 0 Å². The molecule has 0 radical (unpaired) electrons. The Bertz CT molecular complexity index is 95.4. The van der Waals surface area contributed by atoms with E-state index in [0.29, 0.717) is 0 Å². The van der Waals surface area contributed by atoms with Gasteiger partial charge >= 0.3 is 0 Å². The molecule has 0 atom stereocenters. The van der Waals surface area contributed by atoms with E-state index in [4.69, 9.17) is 0 Å². The minimum absolute atomic E-state index is 0.632. The van der Waals surface area contributed by atoms with E-state index in [1.54, 1.807) is 37.0 Å². The average Bonchev–Trinajstić information content (AvgIpc) is 2.39. The average molecular weight is 170 g/mol. The van der Waals surface area contributed by atoms with Crippen LogP contribution in [0.2, 0.25) is 24.2 Å². The van der Waals surface area contributed by atoms with Gasteiger partial charge in [-0.05, 0) is 0 Å². The van der Waals surface area contributed by atoms with Crippen molar-refractivity contribution < 1.29 is 0 Å². The van der Waals surface area contributed by atoms with Crippen molar-refractivity contribution in [3.05, 3.63) is 0 Å². The van der Waals surface area contributed by atoms with Crippen LogP contribution in [0.25, 0.3) is 0 Å². The lowest BCUT2D eigenvalue weighted by Crippen LogP contribution is -2.28. The zero-order valence-corrected chi connectivity index (χ0v) is 9.16. The molecule has 0 unspecified atom stereocenters. The summed E-state index contributed by atoms with van der Waals surface area (Å²) >= 11 is 0. The van der Waals surface area contributed by atoms with Crippen LogP contribution < -0.4 is 0 Å². The van der Waals surface area contributed by atoms with E-state index in [0.717, 1.165) is 0 Å². The van der Waals surface area contributed by atoms with E-state index in [2.05, 4.69) is 13.8 Å². The molecule has 0 bridgehead atoms. The molecule has 0 aromatic carbocycles. The fraction of sp³-hybridized carbons (Fsp3) is 1.00. The van der Waals surface area contributed by atoms with Gasteiger partial charge in [-0.3, -0.25) is 0 Å². The summed E-state index contributed by atoms with van der Waals surface area (Å²) in [5.41, 5.74) is 0. The molecular formula is C10H22Si. The number of rotatable bonds is 4. The Morgan fingerprint density at radius 3 is 1.73 bits per heavy atom. The number of hydrogen-bond acceptors (Lipinski definition) is 0. The van der Waals surface area contributed by atoms with Crippen LogP contribution in [0.15, 0.2) is 0 Å². The molecule has 0 amide bonds. The largest absolute Gasteiger partial charge is 0.0657 e. The third kappa shape index (κ3) is 2.33. The summed E-state index contributed by atoms with van der Waals surface area (Å²) in [5.74, 6) is 0. The van der Waals surface area contributed by atoms with Crippen LogP contribution >= 0.6 is 0 Å². The first-order valence-corrected chi connectivity index (χ1v) is 8.16. The molecule has 0 aromatic heterocycles. The predicted molar refractivity (Wildman–Crippen MR) is 54.8 cm³/mol. The molecule has 1 aliphatic heterocycles. The molecule has 1 saturated heterocycles. The Balaban J connectivity index is 2.40. The molecule has 0 saturated carbocycles. The summed E-state index contributed by atoms with van der Waals surface area (Å²) in [6.07, 6.45) is 6.02. The smallest absolute Gasteiger partial charge is 0.0535 e. The minimum atomic E-state index is -0.632. The van der Waals surface area contributed by atoms with E-state index in [1.165, 1.54) is 12.8 Å². The zero-order chi connectivity index (χ0) is 8.16. The highest BCUT2D eigenvalue weighted by molar-refractivity contribution is 6.80. The predicted octanol–water partition coefficient (Wildman–Crippen LogP) is 4.05. The summed E-state index contributed by atoms with van der Waals surface area (Å²) < 4.78 is 0. The second kappa shape index (κ2) is 4.29. The Morgan fingerprint density at radius 1 is 0.909 bits per heavy atom. The van der Waals surface area contributed by atoms with Gasteiger partial charge in [0, 0.05) is 0 Å². The Kier molecular flexibility index (Phi) is 3.63. The molecule has 66 valence electrons. The van der Waals surface area contributed by atoms with Gasteiger partial charge in [-0.1, -0.05) is 63.7 Å². The minimum Gasteiger partial charge on any atom is -0.0657 e. The first-order chi connectivity index (χ1) is 5.33. The Hall–Kier alpha value is 0.217. The molecule has 0 nitrogen and oxygen atoms in total. The monoisotopic (exact) mass is 170 g/mol. The van der Waals surface area contributed by atoms with Crippen LogP contribution in [0, 0.1) is 0 Å². The summed E-state index contributed by atoms with van der Waals surface area (Å²) in [6.45, 7) is 4.73. The second-order valence-corrected chi connectivity index (χ2v) is 9.21. The maximum atomic E-state index is 2.36. The SMILES string of the molecule is CCC[Si]1(CCC)CCCC1. The molecule has 0 N–H and O–H groups in total. The van der Waals surface area contributed by atoms with Gasteiger partial charge in [-0.2, -0.15) is 0 Å². The zero-order valence-electron chi connectivity index (χ0n) is 8.16. The summed E-state index contributed by atoms with van der Waals surface area (Å²) in [6, 6.07) is 6.57. The Labute approximate surface area is 72.4 Å². The molecule has 1 heterocycles. The fourth-order valence-electron chi connectivity index (χ4n) is 2.81. The van der Waals surface area contributed by atoms with Crippen molar-refractivity contribution in [3.63, 3.8) is 0 Å². The maximum Gasteiger partial charge on any atom is 0.0535 e. The second-order valence-electron chi connectivity index (χ2n) is 4.21. The standard InChI is InChI=1S/C10H22Si/c1-3-7-11(8-4-2)9-5-6-10-11/h3-10H2,1-2H3. The first-order valence-electron chi connectivity index (χ1n) is 5.33. The highest BCUT2D eigenvalue weighted by Gasteiger charge is 2.33. The van der Waals surface area contributed by atoms with Crippen molar-refractivity contribution in [1.82, 2.24) is 0 Å². The van der Waals surface area contributed by atoms with Crippen LogP contribution in [0.4, 0.5) is 0 Å². The van der Waals surface area contributed by atoms with E-state index >= 15 is 0 Å². The van der Waals surface area contributed by atoms with Gasteiger partial charge < -0.3 is 0 Å². The van der Waals surface area contributed by atoms with E-state index in [-0.39, 0.29) is 0 Å². The first kappa shape index (κ1) is 9.31. The normalized spacial score (nSPS) is 22.4. The van der Waals surface area contributed by atoms with Gasteiger partial charge in [-0.15, -0.1) is 0 Å². The van der Waals surface area contributed by atoms with Crippen molar-refractivity contribution in [2.75, 3.05) is 0 Å². The summed E-state index contributed by atoms with van der Waals surface area (Å²) in [4.78, 5) is 0. The third-order valence-electron chi connectivity index (χ3n) is 3.22. The van der Waals surface area contributed by atoms with Crippen molar-refractivity contribution in [1.29, 1.82) is 0 Å². The lowest BCUT2D eigenvalue weighted by atomic mass is 10.4. The van der Waals surface area contributed by atoms with E-state index in [9.17, 15) is 0 Å². The fourth-order valence-corrected chi connectivity index (χ4v) is 8.43. The van der Waals surface area contributed by atoms with Crippen LogP contribution in [0.1, 0.15) is 39.5 Å². The van der Waals surface area contributed by atoms with E-state index in [1.807, 2.05) is 0 Å². The van der Waals surface area contributed by atoms with Crippen molar-refractivity contribution in [2.24, 2.45) is 0 Å². The lowest BCUT2D eigenvalue weighted by molar-refractivity contribution is 0.935. The molecule has 1 aliphatic rings. The lowest BCUT2D eigenvalue weighted by Gasteiger charge is -2.25. The van der Waals surface area contributed by atoms with Gasteiger partial charge in [-0.25, -0.2) is 0 Å². The van der Waals surface area contributed by atoms with Gasteiger partial charge in [0.1, 0.15) is 0 Å². The highest BCUT2D eigenvalue weighted by atomic mass is 28.3. The van der Waals surface area contributed by atoms with Gasteiger partial charge in [0.05, 0.1) is 8.07 Å². The molecule has 1 fully saturated rings. The molecular weight excluding hydrogens is 148 g/mol. The third-order valence-corrected chi connectivity index (χ3v) is 9.17. The summed E-state index contributed by atoms with van der Waals surface area (Å²) in [5, 5.41) is 0. The molecule has 0 aliphatic carbocycles. The van der Waals surface area contributed by atoms with Crippen LogP contribution in [-0.4, -0.2) is 8.07 Å². The molecule has 1 rings (SSSR count). The highest BCUT2D eigenvalue weighted by Crippen LogP contribution is 2.38. The van der Waals surface area contributed by atoms with Crippen molar-refractivity contribution >= 4 is 8.07 Å². The molecule has 0 spiro atoms.